The molecule has 0 saturated carbocycles. The highest BCUT2D eigenvalue weighted by molar-refractivity contribution is 9.10. The van der Waals surface area contributed by atoms with Crippen LogP contribution in [0.1, 0.15) is 27.4 Å². The summed E-state index contributed by atoms with van der Waals surface area (Å²) < 4.78 is 4.35. The third-order valence-corrected chi connectivity index (χ3v) is 4.16. The van der Waals surface area contributed by atoms with Crippen LogP contribution in [0.3, 0.4) is 0 Å². The molecule has 0 spiro atoms. The van der Waals surface area contributed by atoms with Crippen molar-refractivity contribution in [1.29, 1.82) is 0 Å². The second-order valence-corrected chi connectivity index (χ2v) is 5.13. The minimum atomic E-state index is 0.0595. The number of aryl methyl sites for hydroxylation is 3. The smallest absolute Gasteiger partial charge is 0.172 e. The molecule has 2 aromatic heterocycles. The Bertz CT molecular complexity index is 612. The molecule has 0 N–H and O–H groups in total. The van der Waals surface area contributed by atoms with Crippen molar-refractivity contribution >= 4 is 21.7 Å². The summed E-state index contributed by atoms with van der Waals surface area (Å²) in [6, 6.07) is 0. The monoisotopic (exact) mass is 310 g/mol. The predicted octanol–water partition coefficient (Wildman–Crippen LogP) is 1.96. The van der Waals surface area contributed by atoms with Gasteiger partial charge in [-0.25, -0.2) is 0 Å². The normalized spacial score (nSPS) is 10.9. The highest BCUT2D eigenvalue weighted by atomic mass is 79.9. The Morgan fingerprint density at radius 2 is 2.00 bits per heavy atom. The molecule has 5 nitrogen and oxygen atoms in total. The number of Topliss-reactive ketones (excluding diaryl/α,β-unsaturated/α-hetero) is 1. The van der Waals surface area contributed by atoms with E-state index in [2.05, 4.69) is 26.1 Å². The summed E-state index contributed by atoms with van der Waals surface area (Å²) >= 11 is 3.47. The van der Waals surface area contributed by atoms with Gasteiger partial charge in [0.25, 0.3) is 0 Å². The molecule has 0 radical (unpaired) electrons. The first-order chi connectivity index (χ1) is 8.41. The SMILES string of the molecule is Cc1nn(C)c(CC(=O)c2cnn(C)c2C)c1Br. The van der Waals surface area contributed by atoms with Crippen LogP contribution in [0.4, 0.5) is 0 Å². The summed E-state index contributed by atoms with van der Waals surface area (Å²) in [5, 5.41) is 8.37. The summed E-state index contributed by atoms with van der Waals surface area (Å²) in [4.78, 5) is 12.2. The maximum absolute atomic E-state index is 12.2. The minimum Gasteiger partial charge on any atom is -0.294 e. The fourth-order valence-corrected chi connectivity index (χ4v) is 2.37. The summed E-state index contributed by atoms with van der Waals surface area (Å²) in [5.74, 6) is 0.0595. The lowest BCUT2D eigenvalue weighted by molar-refractivity contribution is 0.0990. The van der Waals surface area contributed by atoms with Crippen LogP contribution < -0.4 is 0 Å². The molecule has 0 saturated heterocycles. The molecule has 0 aliphatic carbocycles. The number of halogens is 1. The molecule has 0 fully saturated rings. The van der Waals surface area contributed by atoms with E-state index in [9.17, 15) is 4.79 Å². The van der Waals surface area contributed by atoms with E-state index in [1.165, 1.54) is 0 Å². The molecule has 0 amide bonds. The van der Waals surface area contributed by atoms with Crippen molar-refractivity contribution in [3.8, 4) is 0 Å². The molecule has 0 aliphatic rings. The number of hydrogen-bond donors (Lipinski definition) is 0. The minimum absolute atomic E-state index is 0.0595. The van der Waals surface area contributed by atoms with E-state index in [-0.39, 0.29) is 5.78 Å². The van der Waals surface area contributed by atoms with Gasteiger partial charge in [0.2, 0.25) is 0 Å². The van der Waals surface area contributed by atoms with Crippen molar-refractivity contribution in [3.63, 3.8) is 0 Å². The van der Waals surface area contributed by atoms with E-state index in [1.54, 1.807) is 15.6 Å². The van der Waals surface area contributed by atoms with Gasteiger partial charge in [-0.2, -0.15) is 10.2 Å². The first-order valence-corrected chi connectivity index (χ1v) is 6.41. The molecular formula is C12H15BrN4O. The highest BCUT2D eigenvalue weighted by Gasteiger charge is 2.18. The molecule has 96 valence electrons. The van der Waals surface area contributed by atoms with E-state index in [0.29, 0.717) is 12.0 Å². The van der Waals surface area contributed by atoms with Gasteiger partial charge in [0.05, 0.1) is 34.0 Å². The summed E-state index contributed by atoms with van der Waals surface area (Å²) in [6.07, 6.45) is 1.94. The van der Waals surface area contributed by atoms with Crippen LogP contribution in [0.2, 0.25) is 0 Å². The molecule has 6 heteroatoms. The van der Waals surface area contributed by atoms with Gasteiger partial charge >= 0.3 is 0 Å². The average molecular weight is 311 g/mol. The lowest BCUT2D eigenvalue weighted by Crippen LogP contribution is -2.09. The van der Waals surface area contributed by atoms with Gasteiger partial charge < -0.3 is 0 Å². The number of aromatic nitrogens is 4. The zero-order valence-corrected chi connectivity index (χ0v) is 12.4. The number of carbonyl (C=O) groups is 1. The molecule has 2 rings (SSSR count). The van der Waals surface area contributed by atoms with E-state index in [0.717, 1.165) is 21.6 Å². The Hall–Kier alpha value is -1.43. The molecule has 2 heterocycles. The van der Waals surface area contributed by atoms with Gasteiger partial charge in [0, 0.05) is 19.8 Å². The Kier molecular flexibility index (Phi) is 3.38. The maximum atomic E-state index is 12.2. The first-order valence-electron chi connectivity index (χ1n) is 5.61. The molecular weight excluding hydrogens is 296 g/mol. The Morgan fingerprint density at radius 3 is 2.44 bits per heavy atom. The van der Waals surface area contributed by atoms with Gasteiger partial charge in [-0.3, -0.25) is 14.2 Å². The summed E-state index contributed by atoms with van der Waals surface area (Å²) in [7, 11) is 3.67. The third kappa shape index (κ3) is 2.12. The quantitative estimate of drug-likeness (QED) is 0.814. The molecule has 0 aliphatic heterocycles. The van der Waals surface area contributed by atoms with Crippen LogP contribution in [-0.2, 0) is 20.5 Å². The molecule has 2 aromatic rings. The van der Waals surface area contributed by atoms with Crippen LogP contribution in [0, 0.1) is 13.8 Å². The zero-order valence-electron chi connectivity index (χ0n) is 10.9. The van der Waals surface area contributed by atoms with Gasteiger partial charge in [-0.15, -0.1) is 0 Å². The zero-order chi connectivity index (χ0) is 13.4. The van der Waals surface area contributed by atoms with Crippen LogP contribution in [0.25, 0.3) is 0 Å². The van der Waals surface area contributed by atoms with E-state index in [4.69, 9.17) is 0 Å². The number of hydrogen-bond acceptors (Lipinski definition) is 3. The highest BCUT2D eigenvalue weighted by Crippen LogP contribution is 2.22. The topological polar surface area (TPSA) is 52.7 Å². The van der Waals surface area contributed by atoms with Crippen molar-refractivity contribution in [2.45, 2.75) is 20.3 Å². The van der Waals surface area contributed by atoms with Crippen LogP contribution >= 0.6 is 15.9 Å². The second-order valence-electron chi connectivity index (χ2n) is 4.34. The van der Waals surface area contributed by atoms with Gasteiger partial charge in [0.1, 0.15) is 0 Å². The van der Waals surface area contributed by atoms with Crippen LogP contribution in [-0.4, -0.2) is 25.3 Å². The number of nitrogens with zero attached hydrogens (tertiary/aromatic N) is 4. The van der Waals surface area contributed by atoms with E-state index < -0.39 is 0 Å². The fourth-order valence-electron chi connectivity index (χ4n) is 1.89. The second kappa shape index (κ2) is 4.68. The summed E-state index contributed by atoms with van der Waals surface area (Å²) in [5.41, 5.74) is 3.34. The number of rotatable bonds is 3. The maximum Gasteiger partial charge on any atom is 0.172 e. The summed E-state index contributed by atoms with van der Waals surface area (Å²) in [6.45, 7) is 3.80. The van der Waals surface area contributed by atoms with Crippen molar-refractivity contribution in [2.75, 3.05) is 0 Å². The molecule has 0 aromatic carbocycles. The molecule has 0 unspecified atom stereocenters. The fraction of sp³-hybridized carbons (Fsp3) is 0.417. The van der Waals surface area contributed by atoms with Crippen molar-refractivity contribution in [3.05, 3.63) is 33.3 Å². The average Bonchev–Trinajstić information content (AvgIpc) is 2.75. The third-order valence-electron chi connectivity index (χ3n) is 3.13. The first kappa shape index (κ1) is 13.0. The number of ketones is 1. The van der Waals surface area contributed by atoms with Crippen LogP contribution in [0.15, 0.2) is 10.7 Å². The van der Waals surface area contributed by atoms with E-state index in [1.807, 2.05) is 27.9 Å². The van der Waals surface area contributed by atoms with Crippen molar-refractivity contribution in [2.24, 2.45) is 14.1 Å². The Morgan fingerprint density at radius 1 is 1.33 bits per heavy atom. The Balaban J connectivity index is 2.30. The van der Waals surface area contributed by atoms with Gasteiger partial charge in [0.15, 0.2) is 5.78 Å². The molecule has 0 atom stereocenters. The number of carbonyl (C=O) groups excluding carboxylic acids is 1. The largest absolute Gasteiger partial charge is 0.294 e. The lowest BCUT2D eigenvalue weighted by atomic mass is 10.1. The Labute approximate surface area is 114 Å². The predicted molar refractivity (Wildman–Crippen MR) is 71.6 cm³/mol. The molecule has 0 bridgehead atoms. The standard InChI is InChI=1S/C12H15BrN4O/c1-7-12(13)10(17(4)15-7)5-11(18)9-6-14-16(3)8(9)2/h6H,5H2,1-4H3. The van der Waals surface area contributed by atoms with Gasteiger partial charge in [-0.1, -0.05) is 0 Å². The van der Waals surface area contributed by atoms with Crippen molar-refractivity contribution < 1.29 is 4.79 Å². The van der Waals surface area contributed by atoms with Gasteiger partial charge in [-0.05, 0) is 29.8 Å². The van der Waals surface area contributed by atoms with Crippen LogP contribution in [0.5, 0.6) is 0 Å². The lowest BCUT2D eigenvalue weighted by Gasteiger charge is -2.02. The van der Waals surface area contributed by atoms with E-state index >= 15 is 0 Å². The molecule has 18 heavy (non-hydrogen) atoms. The van der Waals surface area contributed by atoms with Crippen molar-refractivity contribution in [1.82, 2.24) is 19.6 Å².